The van der Waals surface area contributed by atoms with Crippen LogP contribution in [0.1, 0.15) is 16.9 Å². The Labute approximate surface area is 150 Å². The van der Waals surface area contributed by atoms with Crippen LogP contribution in [0.25, 0.3) is 0 Å². The topological polar surface area (TPSA) is 124 Å². The number of aromatic nitrogens is 2. The molecular formula is C17H20N6O3. The standard InChI is InChI=1S/C17H20N6O3/c18-17(22-7-6-21-16(24)13-11-19-4-5-20-13)23-12-2-3-14-15(10-12)26-9-1-8-25-14/h2-5,10-11H,1,6-9H2,(H,21,24)(H3,18,22,23). The lowest BCUT2D eigenvalue weighted by Gasteiger charge is -2.10. The van der Waals surface area contributed by atoms with Gasteiger partial charge in [-0.25, -0.2) is 4.98 Å². The van der Waals surface area contributed by atoms with Crippen molar-refractivity contribution in [2.75, 3.05) is 31.6 Å². The van der Waals surface area contributed by atoms with Gasteiger partial charge >= 0.3 is 0 Å². The van der Waals surface area contributed by atoms with Crippen molar-refractivity contribution in [1.29, 1.82) is 0 Å². The lowest BCUT2D eigenvalue weighted by molar-refractivity contribution is 0.0949. The van der Waals surface area contributed by atoms with E-state index < -0.39 is 0 Å². The maximum Gasteiger partial charge on any atom is 0.271 e. The molecule has 1 aliphatic heterocycles. The fourth-order valence-corrected chi connectivity index (χ4v) is 2.28. The van der Waals surface area contributed by atoms with Gasteiger partial charge in [-0.3, -0.25) is 14.8 Å². The van der Waals surface area contributed by atoms with Crippen LogP contribution >= 0.6 is 0 Å². The minimum Gasteiger partial charge on any atom is -0.490 e. The number of nitrogens with one attached hydrogen (secondary N) is 2. The number of fused-ring (bicyclic) bond motifs is 1. The molecule has 26 heavy (non-hydrogen) atoms. The summed E-state index contributed by atoms with van der Waals surface area (Å²) in [6, 6.07) is 5.49. The first kappa shape index (κ1) is 17.5. The van der Waals surface area contributed by atoms with Crippen molar-refractivity contribution in [3.05, 3.63) is 42.5 Å². The molecule has 0 fully saturated rings. The minimum absolute atomic E-state index is 0.244. The molecule has 0 bridgehead atoms. The zero-order chi connectivity index (χ0) is 18.2. The fourth-order valence-electron chi connectivity index (χ4n) is 2.28. The summed E-state index contributed by atoms with van der Waals surface area (Å²) in [6.07, 6.45) is 5.22. The number of benzene rings is 1. The van der Waals surface area contributed by atoms with E-state index in [-0.39, 0.29) is 17.6 Å². The molecule has 0 saturated heterocycles. The molecule has 0 radical (unpaired) electrons. The summed E-state index contributed by atoms with van der Waals surface area (Å²) >= 11 is 0. The van der Waals surface area contributed by atoms with E-state index in [4.69, 9.17) is 15.2 Å². The zero-order valence-corrected chi connectivity index (χ0v) is 14.1. The smallest absolute Gasteiger partial charge is 0.271 e. The van der Waals surface area contributed by atoms with E-state index in [0.717, 1.165) is 17.9 Å². The molecule has 4 N–H and O–H groups in total. The lowest BCUT2D eigenvalue weighted by Crippen LogP contribution is -2.29. The average Bonchev–Trinajstić information content (AvgIpc) is 2.91. The van der Waals surface area contributed by atoms with Gasteiger partial charge in [-0.05, 0) is 12.1 Å². The summed E-state index contributed by atoms with van der Waals surface area (Å²) in [5.41, 5.74) is 6.88. The molecule has 136 valence electrons. The number of rotatable bonds is 5. The monoisotopic (exact) mass is 356 g/mol. The van der Waals surface area contributed by atoms with Crippen LogP contribution in [0.15, 0.2) is 41.8 Å². The Balaban J connectivity index is 1.48. The van der Waals surface area contributed by atoms with Crippen LogP contribution in [0.3, 0.4) is 0 Å². The molecule has 2 aromatic rings. The van der Waals surface area contributed by atoms with E-state index in [1.807, 2.05) is 18.2 Å². The van der Waals surface area contributed by atoms with Gasteiger partial charge < -0.3 is 25.8 Å². The Kier molecular flexibility index (Phi) is 5.81. The minimum atomic E-state index is -0.303. The van der Waals surface area contributed by atoms with E-state index in [2.05, 4.69) is 25.6 Å². The van der Waals surface area contributed by atoms with Gasteiger partial charge in [0, 0.05) is 37.1 Å². The highest BCUT2D eigenvalue weighted by Crippen LogP contribution is 2.32. The number of ether oxygens (including phenoxy) is 2. The lowest BCUT2D eigenvalue weighted by atomic mass is 10.3. The van der Waals surface area contributed by atoms with E-state index in [1.54, 1.807) is 0 Å². The number of hydrogen-bond donors (Lipinski definition) is 3. The van der Waals surface area contributed by atoms with Crippen molar-refractivity contribution in [2.24, 2.45) is 10.7 Å². The Morgan fingerprint density at radius 1 is 1.23 bits per heavy atom. The Morgan fingerprint density at radius 2 is 2.08 bits per heavy atom. The SMILES string of the molecule is NC(=NCCNC(=O)c1cnccn1)Nc1ccc2c(c1)OCCCO2. The molecule has 1 aromatic carbocycles. The van der Waals surface area contributed by atoms with Crippen LogP contribution in [-0.2, 0) is 0 Å². The van der Waals surface area contributed by atoms with Crippen molar-refractivity contribution in [2.45, 2.75) is 6.42 Å². The number of guanidine groups is 1. The highest BCUT2D eigenvalue weighted by molar-refractivity contribution is 5.93. The van der Waals surface area contributed by atoms with Crippen molar-refractivity contribution in [3.8, 4) is 11.5 Å². The Morgan fingerprint density at radius 3 is 2.88 bits per heavy atom. The second-order valence-corrected chi connectivity index (χ2v) is 5.45. The van der Waals surface area contributed by atoms with Crippen molar-refractivity contribution >= 4 is 17.6 Å². The van der Waals surface area contributed by atoms with Crippen molar-refractivity contribution < 1.29 is 14.3 Å². The number of carbonyl (C=O) groups excluding carboxylic acids is 1. The molecule has 1 amide bonds. The van der Waals surface area contributed by atoms with Gasteiger partial charge in [-0.15, -0.1) is 0 Å². The molecule has 0 aliphatic carbocycles. The van der Waals surface area contributed by atoms with Gasteiger partial charge in [0.05, 0.1) is 26.0 Å². The first-order chi connectivity index (χ1) is 12.7. The second kappa shape index (κ2) is 8.65. The number of anilines is 1. The van der Waals surface area contributed by atoms with E-state index in [1.165, 1.54) is 18.6 Å². The van der Waals surface area contributed by atoms with Gasteiger partial charge in [0.15, 0.2) is 17.5 Å². The molecule has 1 aromatic heterocycles. The van der Waals surface area contributed by atoms with Gasteiger partial charge in [0.25, 0.3) is 5.91 Å². The highest BCUT2D eigenvalue weighted by atomic mass is 16.5. The fraction of sp³-hybridized carbons (Fsp3) is 0.294. The first-order valence-corrected chi connectivity index (χ1v) is 8.23. The van der Waals surface area contributed by atoms with E-state index in [9.17, 15) is 4.79 Å². The van der Waals surface area contributed by atoms with Crippen LogP contribution < -0.4 is 25.8 Å². The summed E-state index contributed by atoms with van der Waals surface area (Å²) in [5, 5.41) is 5.69. The van der Waals surface area contributed by atoms with E-state index >= 15 is 0 Å². The summed E-state index contributed by atoms with van der Waals surface area (Å²) < 4.78 is 11.2. The molecular weight excluding hydrogens is 336 g/mol. The molecule has 3 rings (SSSR count). The van der Waals surface area contributed by atoms with Gasteiger partial charge in [-0.2, -0.15) is 0 Å². The van der Waals surface area contributed by atoms with Crippen molar-refractivity contribution in [3.63, 3.8) is 0 Å². The predicted octanol–water partition coefficient (Wildman–Crippen LogP) is 0.795. The normalized spacial score (nSPS) is 13.6. The van der Waals surface area contributed by atoms with Gasteiger partial charge in [0.2, 0.25) is 0 Å². The average molecular weight is 356 g/mol. The summed E-state index contributed by atoms with van der Waals surface area (Å²) in [4.78, 5) is 23.8. The maximum atomic E-state index is 11.8. The second-order valence-electron chi connectivity index (χ2n) is 5.45. The Bertz CT molecular complexity index is 781. The quantitative estimate of drug-likeness (QED) is 0.411. The number of hydrogen-bond acceptors (Lipinski definition) is 6. The molecule has 0 unspecified atom stereocenters. The predicted molar refractivity (Wildman–Crippen MR) is 96.5 cm³/mol. The number of carbonyl (C=O) groups is 1. The first-order valence-electron chi connectivity index (χ1n) is 8.23. The molecule has 2 heterocycles. The van der Waals surface area contributed by atoms with Crippen LogP contribution in [-0.4, -0.2) is 48.1 Å². The van der Waals surface area contributed by atoms with Crippen LogP contribution in [0.5, 0.6) is 11.5 Å². The van der Waals surface area contributed by atoms with Crippen LogP contribution in [0.2, 0.25) is 0 Å². The molecule has 9 heteroatoms. The number of nitrogens with zero attached hydrogens (tertiary/aromatic N) is 3. The molecule has 1 aliphatic rings. The molecule has 0 saturated carbocycles. The van der Waals surface area contributed by atoms with Gasteiger partial charge in [-0.1, -0.05) is 0 Å². The zero-order valence-electron chi connectivity index (χ0n) is 14.1. The summed E-state index contributed by atoms with van der Waals surface area (Å²) in [7, 11) is 0. The highest BCUT2D eigenvalue weighted by Gasteiger charge is 2.11. The Hall–Kier alpha value is -3.36. The third kappa shape index (κ3) is 4.82. The number of nitrogens with two attached hydrogens (primary N) is 1. The molecule has 0 spiro atoms. The summed E-state index contributed by atoms with van der Waals surface area (Å²) in [6.45, 7) is 1.92. The number of amides is 1. The van der Waals surface area contributed by atoms with Crippen LogP contribution in [0, 0.1) is 0 Å². The third-order valence-corrected chi connectivity index (χ3v) is 3.50. The van der Waals surface area contributed by atoms with Crippen LogP contribution in [0.4, 0.5) is 5.69 Å². The number of aliphatic imine (C=N–C) groups is 1. The van der Waals surface area contributed by atoms with Gasteiger partial charge in [0.1, 0.15) is 5.69 Å². The molecule has 0 atom stereocenters. The third-order valence-electron chi connectivity index (χ3n) is 3.50. The van der Waals surface area contributed by atoms with Crippen molar-refractivity contribution in [1.82, 2.24) is 15.3 Å². The van der Waals surface area contributed by atoms with E-state index in [0.29, 0.717) is 32.1 Å². The maximum absolute atomic E-state index is 11.8. The molecule has 9 nitrogen and oxygen atoms in total. The summed E-state index contributed by atoms with van der Waals surface area (Å²) in [5.74, 6) is 1.34. The largest absolute Gasteiger partial charge is 0.490 e.